The van der Waals surface area contributed by atoms with Crippen molar-refractivity contribution in [2.45, 2.75) is 0 Å². The standard InChI is InChI=1S/C18H16ClN7O2/c19-13-2-1-3-16(10-13)25-9-8-24(18(25)28)11-17(27)21-14-4-6-15(7-5-14)26-12-20-22-23-26/h1-7,10,12H,8-9,11H2,(H,21,27). The first kappa shape index (κ1) is 17.9. The largest absolute Gasteiger partial charge is 0.325 e. The van der Waals surface area contributed by atoms with Crippen LogP contribution in [0.5, 0.6) is 0 Å². The number of halogens is 1. The SMILES string of the molecule is O=C(CN1CCN(c2cccc(Cl)c2)C1=O)Nc1ccc(-n2cnnn2)cc1. The van der Waals surface area contributed by atoms with Crippen molar-refractivity contribution < 1.29 is 9.59 Å². The van der Waals surface area contributed by atoms with E-state index in [4.69, 9.17) is 11.6 Å². The van der Waals surface area contributed by atoms with Gasteiger partial charge in [0.15, 0.2) is 0 Å². The van der Waals surface area contributed by atoms with Gasteiger partial charge in [-0.05, 0) is 52.9 Å². The fraction of sp³-hybridized carbons (Fsp3) is 0.167. The van der Waals surface area contributed by atoms with Crippen LogP contribution in [0.3, 0.4) is 0 Å². The normalized spacial score (nSPS) is 13.8. The molecule has 3 amide bonds. The maximum atomic E-state index is 12.6. The predicted molar refractivity (Wildman–Crippen MR) is 104 cm³/mol. The molecule has 0 saturated carbocycles. The van der Waals surface area contributed by atoms with E-state index < -0.39 is 0 Å². The summed E-state index contributed by atoms with van der Waals surface area (Å²) < 4.78 is 1.51. The number of carbonyl (C=O) groups is 2. The van der Waals surface area contributed by atoms with Crippen LogP contribution >= 0.6 is 11.6 Å². The van der Waals surface area contributed by atoms with Crippen LogP contribution in [0.25, 0.3) is 5.69 Å². The van der Waals surface area contributed by atoms with Gasteiger partial charge in [0.25, 0.3) is 0 Å². The second kappa shape index (κ2) is 7.65. The molecule has 3 aromatic rings. The Morgan fingerprint density at radius 1 is 1.11 bits per heavy atom. The van der Waals surface area contributed by atoms with Crippen LogP contribution in [0.4, 0.5) is 16.2 Å². The molecular weight excluding hydrogens is 382 g/mol. The summed E-state index contributed by atoms with van der Waals surface area (Å²) >= 11 is 6.00. The molecular formula is C18H16ClN7O2. The lowest BCUT2D eigenvalue weighted by Crippen LogP contribution is -2.37. The summed E-state index contributed by atoms with van der Waals surface area (Å²) in [6, 6.07) is 13.9. The van der Waals surface area contributed by atoms with Crippen LogP contribution in [0.1, 0.15) is 0 Å². The molecule has 9 nitrogen and oxygen atoms in total. The number of hydrogen-bond donors (Lipinski definition) is 1. The van der Waals surface area contributed by atoms with E-state index >= 15 is 0 Å². The van der Waals surface area contributed by atoms with E-state index in [0.29, 0.717) is 23.8 Å². The summed E-state index contributed by atoms with van der Waals surface area (Å²) in [6.07, 6.45) is 1.48. The monoisotopic (exact) mass is 397 g/mol. The van der Waals surface area contributed by atoms with Crippen molar-refractivity contribution in [3.63, 3.8) is 0 Å². The zero-order chi connectivity index (χ0) is 19.5. The van der Waals surface area contributed by atoms with Crippen LogP contribution in [-0.2, 0) is 4.79 Å². The topological polar surface area (TPSA) is 96.2 Å². The molecule has 1 saturated heterocycles. The number of anilines is 2. The summed E-state index contributed by atoms with van der Waals surface area (Å²) in [5.41, 5.74) is 2.12. The molecule has 1 aliphatic heterocycles. The molecule has 142 valence electrons. The number of tetrazole rings is 1. The van der Waals surface area contributed by atoms with Crippen molar-refractivity contribution >= 4 is 34.9 Å². The summed E-state index contributed by atoms with van der Waals surface area (Å²) in [5, 5.41) is 14.3. The molecule has 2 aromatic carbocycles. The molecule has 0 aliphatic carbocycles. The molecule has 0 unspecified atom stereocenters. The fourth-order valence-electron chi connectivity index (χ4n) is 2.96. The van der Waals surface area contributed by atoms with Gasteiger partial charge in [0.2, 0.25) is 5.91 Å². The Hall–Kier alpha value is -3.46. The van der Waals surface area contributed by atoms with Crippen molar-refractivity contribution in [1.29, 1.82) is 0 Å². The van der Waals surface area contributed by atoms with E-state index in [9.17, 15) is 9.59 Å². The number of carbonyl (C=O) groups excluding carboxylic acids is 2. The minimum atomic E-state index is -0.267. The van der Waals surface area contributed by atoms with Gasteiger partial charge in [-0.15, -0.1) is 5.10 Å². The number of amides is 3. The van der Waals surface area contributed by atoms with Crippen molar-refractivity contribution in [2.24, 2.45) is 0 Å². The van der Waals surface area contributed by atoms with Crippen molar-refractivity contribution in [2.75, 3.05) is 29.9 Å². The van der Waals surface area contributed by atoms with Gasteiger partial charge < -0.3 is 10.2 Å². The first-order valence-corrected chi connectivity index (χ1v) is 8.93. The van der Waals surface area contributed by atoms with Gasteiger partial charge in [-0.25, -0.2) is 9.48 Å². The molecule has 0 radical (unpaired) electrons. The van der Waals surface area contributed by atoms with Crippen LogP contribution in [0.15, 0.2) is 54.9 Å². The molecule has 1 fully saturated rings. The van der Waals surface area contributed by atoms with E-state index in [1.165, 1.54) is 15.9 Å². The number of nitrogens with one attached hydrogen (secondary N) is 1. The Morgan fingerprint density at radius 2 is 1.93 bits per heavy atom. The maximum Gasteiger partial charge on any atom is 0.325 e. The van der Waals surface area contributed by atoms with Gasteiger partial charge in [-0.3, -0.25) is 9.69 Å². The lowest BCUT2D eigenvalue weighted by atomic mass is 10.3. The zero-order valence-corrected chi connectivity index (χ0v) is 15.5. The number of nitrogens with zero attached hydrogens (tertiary/aromatic N) is 6. The Balaban J connectivity index is 1.36. The zero-order valence-electron chi connectivity index (χ0n) is 14.7. The van der Waals surface area contributed by atoms with Crippen LogP contribution in [-0.4, -0.2) is 56.7 Å². The lowest BCUT2D eigenvalue weighted by Gasteiger charge is -2.18. The summed E-state index contributed by atoms with van der Waals surface area (Å²) in [5.74, 6) is -0.267. The number of rotatable bonds is 5. The highest BCUT2D eigenvalue weighted by Gasteiger charge is 2.30. The highest BCUT2D eigenvalue weighted by atomic mass is 35.5. The average molecular weight is 398 g/mol. The van der Waals surface area contributed by atoms with Crippen molar-refractivity contribution in [1.82, 2.24) is 25.1 Å². The van der Waals surface area contributed by atoms with Crippen molar-refractivity contribution in [3.05, 3.63) is 59.9 Å². The fourth-order valence-corrected chi connectivity index (χ4v) is 3.15. The summed E-state index contributed by atoms with van der Waals surface area (Å²) in [6.45, 7) is 0.953. The molecule has 0 spiro atoms. The van der Waals surface area contributed by atoms with Crippen LogP contribution in [0.2, 0.25) is 5.02 Å². The molecule has 28 heavy (non-hydrogen) atoms. The number of hydrogen-bond acceptors (Lipinski definition) is 5. The lowest BCUT2D eigenvalue weighted by molar-refractivity contribution is -0.116. The predicted octanol–water partition coefficient (Wildman–Crippen LogP) is 2.20. The highest BCUT2D eigenvalue weighted by Crippen LogP contribution is 2.23. The Kier molecular flexibility index (Phi) is 4.90. The van der Waals surface area contributed by atoms with E-state index in [-0.39, 0.29) is 18.5 Å². The molecule has 1 N–H and O–H groups in total. The van der Waals surface area contributed by atoms with Gasteiger partial charge in [-0.1, -0.05) is 17.7 Å². The molecule has 0 bridgehead atoms. The van der Waals surface area contributed by atoms with E-state index in [0.717, 1.165) is 11.4 Å². The molecule has 4 rings (SSSR count). The number of aromatic nitrogens is 4. The molecule has 0 atom stereocenters. The third-order valence-corrected chi connectivity index (χ3v) is 4.55. The maximum absolute atomic E-state index is 12.6. The van der Waals surface area contributed by atoms with E-state index in [1.54, 1.807) is 47.4 Å². The molecule has 2 heterocycles. The van der Waals surface area contributed by atoms with Gasteiger partial charge in [-0.2, -0.15) is 0 Å². The molecule has 1 aromatic heterocycles. The van der Waals surface area contributed by atoms with Gasteiger partial charge in [0.05, 0.1) is 5.69 Å². The summed E-state index contributed by atoms with van der Waals surface area (Å²) in [7, 11) is 0. The average Bonchev–Trinajstić information content (AvgIpc) is 3.33. The molecule has 1 aliphatic rings. The quantitative estimate of drug-likeness (QED) is 0.712. The smallest absolute Gasteiger partial charge is 0.325 e. The van der Waals surface area contributed by atoms with Crippen LogP contribution in [0, 0.1) is 0 Å². The first-order chi connectivity index (χ1) is 13.6. The van der Waals surface area contributed by atoms with E-state index in [2.05, 4.69) is 20.8 Å². The highest BCUT2D eigenvalue weighted by molar-refractivity contribution is 6.30. The Labute approximate surface area is 165 Å². The Bertz CT molecular complexity index is 991. The van der Waals surface area contributed by atoms with Gasteiger partial charge in [0, 0.05) is 29.5 Å². The minimum Gasteiger partial charge on any atom is -0.325 e. The van der Waals surface area contributed by atoms with Crippen molar-refractivity contribution in [3.8, 4) is 5.69 Å². The second-order valence-corrected chi connectivity index (χ2v) is 6.62. The third kappa shape index (κ3) is 3.79. The van der Waals surface area contributed by atoms with Gasteiger partial charge >= 0.3 is 6.03 Å². The number of urea groups is 1. The van der Waals surface area contributed by atoms with Gasteiger partial charge in [0.1, 0.15) is 12.9 Å². The van der Waals surface area contributed by atoms with Crippen LogP contribution < -0.4 is 10.2 Å². The Morgan fingerprint density at radius 3 is 2.64 bits per heavy atom. The third-order valence-electron chi connectivity index (χ3n) is 4.31. The number of benzene rings is 2. The van der Waals surface area contributed by atoms with E-state index in [1.807, 2.05) is 6.07 Å². The molecule has 10 heteroatoms. The minimum absolute atomic E-state index is 0.0232. The summed E-state index contributed by atoms with van der Waals surface area (Å²) in [4.78, 5) is 28.0. The second-order valence-electron chi connectivity index (χ2n) is 6.19. The first-order valence-electron chi connectivity index (χ1n) is 8.55.